The van der Waals surface area contributed by atoms with Crippen LogP contribution in [0, 0.1) is 0 Å². The van der Waals surface area contributed by atoms with Crippen molar-refractivity contribution in [3.8, 4) is 0 Å². The Kier molecular flexibility index (Phi) is 2.64. The second-order valence-corrected chi connectivity index (χ2v) is 6.19. The molecule has 7 heteroatoms. The van der Waals surface area contributed by atoms with Crippen LogP contribution in [-0.4, -0.2) is 29.4 Å². The van der Waals surface area contributed by atoms with Crippen molar-refractivity contribution in [2.75, 3.05) is 5.75 Å². The zero-order valence-electron chi connectivity index (χ0n) is 9.50. The Morgan fingerprint density at radius 2 is 2.22 bits per heavy atom. The molecule has 94 valence electrons. The highest BCUT2D eigenvalue weighted by Gasteiger charge is 2.33. The predicted molar refractivity (Wildman–Crippen MR) is 64.5 cm³/mol. The van der Waals surface area contributed by atoms with Crippen molar-refractivity contribution >= 4 is 9.84 Å². The molecular weight excluding hydrogens is 252 g/mol. The van der Waals surface area contributed by atoms with Crippen LogP contribution in [0.5, 0.6) is 0 Å². The van der Waals surface area contributed by atoms with Gasteiger partial charge in [0, 0.05) is 6.04 Å². The Morgan fingerprint density at radius 3 is 3.00 bits per heavy atom. The van der Waals surface area contributed by atoms with Gasteiger partial charge in [0.25, 0.3) is 0 Å². The lowest BCUT2D eigenvalue weighted by Gasteiger charge is -2.10. The highest BCUT2D eigenvalue weighted by Crippen LogP contribution is 2.32. The SMILES string of the molecule is O=S1(=O)CC(NCc2ncn[nH]2)c2ccccc21. The molecule has 0 saturated carbocycles. The normalized spacial score (nSPS) is 20.8. The van der Waals surface area contributed by atoms with Gasteiger partial charge in [0.1, 0.15) is 12.2 Å². The van der Waals surface area contributed by atoms with Gasteiger partial charge in [0.15, 0.2) is 9.84 Å². The molecule has 0 fully saturated rings. The summed E-state index contributed by atoms with van der Waals surface area (Å²) in [5, 5.41) is 9.66. The first-order valence-electron chi connectivity index (χ1n) is 5.56. The number of aromatic nitrogens is 3. The van der Waals surface area contributed by atoms with Gasteiger partial charge in [-0.25, -0.2) is 13.4 Å². The van der Waals surface area contributed by atoms with Gasteiger partial charge in [-0.05, 0) is 11.6 Å². The quantitative estimate of drug-likeness (QED) is 0.839. The van der Waals surface area contributed by atoms with Crippen LogP contribution in [0.1, 0.15) is 17.4 Å². The number of H-pyrrole nitrogens is 1. The van der Waals surface area contributed by atoms with Gasteiger partial charge < -0.3 is 5.32 Å². The molecule has 1 unspecified atom stereocenters. The van der Waals surface area contributed by atoms with E-state index in [0.29, 0.717) is 17.3 Å². The first-order valence-corrected chi connectivity index (χ1v) is 7.21. The molecule has 3 rings (SSSR count). The molecule has 2 N–H and O–H groups in total. The minimum absolute atomic E-state index is 0.0977. The van der Waals surface area contributed by atoms with Gasteiger partial charge in [0.05, 0.1) is 17.2 Å². The molecule has 0 radical (unpaired) electrons. The van der Waals surface area contributed by atoms with Gasteiger partial charge >= 0.3 is 0 Å². The van der Waals surface area contributed by atoms with Gasteiger partial charge in [-0.3, -0.25) is 5.10 Å². The molecule has 0 amide bonds. The minimum atomic E-state index is -3.15. The number of nitrogens with one attached hydrogen (secondary N) is 2. The van der Waals surface area contributed by atoms with E-state index in [2.05, 4.69) is 20.5 Å². The summed E-state index contributed by atoms with van der Waals surface area (Å²) in [4.78, 5) is 4.42. The third-order valence-electron chi connectivity index (χ3n) is 3.00. The summed E-state index contributed by atoms with van der Waals surface area (Å²) in [6, 6.07) is 6.91. The minimum Gasteiger partial charge on any atom is -0.302 e. The number of rotatable bonds is 3. The van der Waals surface area contributed by atoms with Crippen molar-refractivity contribution in [3.05, 3.63) is 42.0 Å². The van der Waals surface area contributed by atoms with Gasteiger partial charge in [-0.15, -0.1) is 0 Å². The van der Waals surface area contributed by atoms with E-state index < -0.39 is 9.84 Å². The Hall–Kier alpha value is -1.73. The molecular formula is C11H12N4O2S. The molecule has 1 aromatic heterocycles. The monoisotopic (exact) mass is 264 g/mol. The third kappa shape index (κ3) is 1.91. The number of hydrogen-bond acceptors (Lipinski definition) is 5. The highest BCUT2D eigenvalue weighted by molar-refractivity contribution is 7.91. The molecule has 1 aliphatic heterocycles. The molecule has 0 bridgehead atoms. The Morgan fingerprint density at radius 1 is 1.39 bits per heavy atom. The number of aromatic amines is 1. The van der Waals surface area contributed by atoms with Crippen molar-refractivity contribution < 1.29 is 8.42 Å². The molecule has 18 heavy (non-hydrogen) atoms. The molecule has 1 atom stereocenters. The van der Waals surface area contributed by atoms with Crippen molar-refractivity contribution in [3.63, 3.8) is 0 Å². The lowest BCUT2D eigenvalue weighted by molar-refractivity contribution is 0.556. The van der Waals surface area contributed by atoms with Gasteiger partial charge in [-0.1, -0.05) is 18.2 Å². The summed E-state index contributed by atoms with van der Waals surface area (Å²) in [7, 11) is -3.15. The lowest BCUT2D eigenvalue weighted by atomic mass is 10.1. The van der Waals surface area contributed by atoms with Crippen LogP contribution in [0.15, 0.2) is 35.5 Å². The first-order chi connectivity index (χ1) is 8.67. The summed E-state index contributed by atoms with van der Waals surface area (Å²) in [6.45, 7) is 0.467. The molecule has 2 aromatic rings. The van der Waals surface area contributed by atoms with E-state index >= 15 is 0 Å². The number of fused-ring (bicyclic) bond motifs is 1. The number of sulfone groups is 1. The van der Waals surface area contributed by atoms with E-state index in [1.165, 1.54) is 6.33 Å². The molecule has 1 aromatic carbocycles. The summed E-state index contributed by atoms with van der Waals surface area (Å²) < 4.78 is 23.9. The van der Waals surface area contributed by atoms with E-state index in [1.54, 1.807) is 12.1 Å². The van der Waals surface area contributed by atoms with Crippen LogP contribution in [0.4, 0.5) is 0 Å². The van der Waals surface area contributed by atoms with Gasteiger partial charge in [0.2, 0.25) is 0 Å². The smallest absolute Gasteiger partial charge is 0.180 e. The molecule has 2 heterocycles. The maximum absolute atomic E-state index is 11.9. The molecule has 0 aliphatic carbocycles. The second kappa shape index (κ2) is 4.18. The van der Waals surface area contributed by atoms with E-state index in [1.807, 2.05) is 12.1 Å². The summed E-state index contributed by atoms with van der Waals surface area (Å²) in [5.74, 6) is 0.789. The molecule has 0 spiro atoms. The summed E-state index contributed by atoms with van der Waals surface area (Å²) >= 11 is 0. The number of nitrogens with zero attached hydrogens (tertiary/aromatic N) is 2. The van der Waals surface area contributed by atoms with Crippen molar-refractivity contribution in [2.45, 2.75) is 17.5 Å². The van der Waals surface area contributed by atoms with E-state index in [4.69, 9.17) is 0 Å². The lowest BCUT2D eigenvalue weighted by Crippen LogP contribution is -2.22. The Bertz CT molecular complexity index is 651. The molecule has 0 saturated heterocycles. The van der Waals surface area contributed by atoms with Crippen LogP contribution in [0.25, 0.3) is 0 Å². The first kappa shape index (κ1) is 11.4. The number of benzene rings is 1. The van der Waals surface area contributed by atoms with Crippen molar-refractivity contribution in [1.29, 1.82) is 0 Å². The Balaban J connectivity index is 1.83. The van der Waals surface area contributed by atoms with Gasteiger partial charge in [-0.2, -0.15) is 5.10 Å². The van der Waals surface area contributed by atoms with E-state index in [-0.39, 0.29) is 11.8 Å². The average molecular weight is 264 g/mol. The zero-order valence-corrected chi connectivity index (χ0v) is 10.3. The fourth-order valence-electron chi connectivity index (χ4n) is 2.16. The van der Waals surface area contributed by atoms with Crippen LogP contribution >= 0.6 is 0 Å². The predicted octanol–water partition coefficient (Wildman–Crippen LogP) is 0.423. The third-order valence-corrected chi connectivity index (χ3v) is 4.81. The van der Waals surface area contributed by atoms with Crippen LogP contribution < -0.4 is 5.32 Å². The van der Waals surface area contributed by atoms with Crippen LogP contribution in [0.3, 0.4) is 0 Å². The van der Waals surface area contributed by atoms with Crippen molar-refractivity contribution in [1.82, 2.24) is 20.5 Å². The standard InChI is InChI=1S/C11H12N4O2S/c16-18(17)6-9(8-3-1-2-4-10(8)18)12-5-11-13-7-14-15-11/h1-4,7,9,12H,5-6H2,(H,13,14,15). The topological polar surface area (TPSA) is 87.7 Å². The largest absolute Gasteiger partial charge is 0.302 e. The van der Waals surface area contributed by atoms with E-state index in [9.17, 15) is 8.42 Å². The number of hydrogen-bond donors (Lipinski definition) is 2. The maximum atomic E-state index is 11.9. The average Bonchev–Trinajstić information content (AvgIpc) is 2.95. The fourth-order valence-corrected chi connectivity index (χ4v) is 3.93. The Labute approximate surface area is 104 Å². The summed E-state index contributed by atoms with van der Waals surface area (Å²) in [6.07, 6.45) is 1.43. The van der Waals surface area contributed by atoms with Crippen LogP contribution in [0.2, 0.25) is 0 Å². The van der Waals surface area contributed by atoms with Crippen molar-refractivity contribution in [2.24, 2.45) is 0 Å². The fraction of sp³-hybridized carbons (Fsp3) is 0.273. The highest BCUT2D eigenvalue weighted by atomic mass is 32.2. The zero-order chi connectivity index (χ0) is 12.6. The second-order valence-electron chi connectivity index (χ2n) is 4.18. The maximum Gasteiger partial charge on any atom is 0.180 e. The van der Waals surface area contributed by atoms with E-state index in [0.717, 1.165) is 5.56 Å². The molecule has 6 nitrogen and oxygen atoms in total. The summed E-state index contributed by atoms with van der Waals surface area (Å²) in [5.41, 5.74) is 0.831. The molecule has 1 aliphatic rings. The van der Waals surface area contributed by atoms with Crippen LogP contribution in [-0.2, 0) is 16.4 Å².